The van der Waals surface area contributed by atoms with E-state index in [4.69, 9.17) is 4.74 Å². The Morgan fingerprint density at radius 2 is 1.80 bits per heavy atom. The van der Waals surface area contributed by atoms with Crippen LogP contribution in [0.2, 0.25) is 0 Å². The molecule has 5 nitrogen and oxygen atoms in total. The van der Waals surface area contributed by atoms with E-state index in [2.05, 4.69) is 33.2 Å². The first-order chi connectivity index (χ1) is 12.1. The Hall–Kier alpha value is -1.95. The molecule has 6 rings (SSSR count). The van der Waals surface area contributed by atoms with Crippen molar-refractivity contribution in [3.8, 4) is 5.75 Å². The van der Waals surface area contributed by atoms with Gasteiger partial charge in [-0.3, -0.25) is 9.59 Å². The summed E-state index contributed by atoms with van der Waals surface area (Å²) in [5.74, 6) is 1.71. The maximum absolute atomic E-state index is 12.8. The lowest BCUT2D eigenvalue weighted by Crippen LogP contribution is -2.40. The number of amides is 2. The van der Waals surface area contributed by atoms with E-state index in [1.165, 1.54) is 6.42 Å². The maximum Gasteiger partial charge on any atom is 0.254 e. The van der Waals surface area contributed by atoms with Gasteiger partial charge in [0.1, 0.15) is 5.75 Å². The molecule has 2 bridgehead atoms. The zero-order valence-corrected chi connectivity index (χ0v) is 15.2. The van der Waals surface area contributed by atoms with Crippen molar-refractivity contribution < 1.29 is 14.3 Å². The second kappa shape index (κ2) is 5.27. The van der Waals surface area contributed by atoms with E-state index in [1.807, 2.05) is 18.2 Å². The molecule has 25 heavy (non-hydrogen) atoms. The summed E-state index contributed by atoms with van der Waals surface area (Å²) in [4.78, 5) is 25.6. The van der Waals surface area contributed by atoms with Crippen LogP contribution >= 0.6 is 15.9 Å². The zero-order chi connectivity index (χ0) is 17.3. The molecule has 4 aliphatic carbocycles. The van der Waals surface area contributed by atoms with E-state index in [9.17, 15) is 9.59 Å². The summed E-state index contributed by atoms with van der Waals surface area (Å²) in [6.45, 7) is 0. The second-order valence-electron chi connectivity index (χ2n) is 7.28. The summed E-state index contributed by atoms with van der Waals surface area (Å²) in [6.07, 6.45) is 7.06. The lowest BCUT2D eigenvalue weighted by Gasteiger charge is -2.37. The molecule has 1 aliphatic heterocycles. The van der Waals surface area contributed by atoms with E-state index in [-0.39, 0.29) is 35.5 Å². The minimum atomic E-state index is -0.203. The lowest BCUT2D eigenvalue weighted by molar-refractivity contribution is -0.140. The minimum absolute atomic E-state index is 0.136. The van der Waals surface area contributed by atoms with Crippen LogP contribution in [0.15, 0.2) is 39.9 Å². The monoisotopic (exact) mass is 400 g/mol. The number of rotatable bonds is 3. The number of carbonyl (C=O) groups is 2. The molecule has 128 valence electrons. The number of carbonyl (C=O) groups excluding carboxylic acids is 2. The van der Waals surface area contributed by atoms with Gasteiger partial charge in [0.05, 0.1) is 29.6 Å². The Morgan fingerprint density at radius 3 is 2.36 bits per heavy atom. The van der Waals surface area contributed by atoms with Gasteiger partial charge in [-0.15, -0.1) is 0 Å². The van der Waals surface area contributed by atoms with Crippen LogP contribution < -0.4 is 4.74 Å². The molecular formula is C19H17BrN2O3. The van der Waals surface area contributed by atoms with Gasteiger partial charge in [0.15, 0.2) is 0 Å². The number of hydrogen-bond donors (Lipinski definition) is 0. The van der Waals surface area contributed by atoms with Gasteiger partial charge in [-0.25, -0.2) is 0 Å². The highest BCUT2D eigenvalue weighted by Gasteiger charge is 2.67. The molecule has 1 heterocycles. The summed E-state index contributed by atoms with van der Waals surface area (Å²) >= 11 is 3.43. The molecule has 1 saturated heterocycles. The van der Waals surface area contributed by atoms with Gasteiger partial charge in [0.2, 0.25) is 0 Å². The highest BCUT2D eigenvalue weighted by molar-refractivity contribution is 9.10. The number of hydrazone groups is 1. The predicted octanol–water partition coefficient (Wildman–Crippen LogP) is 2.84. The first kappa shape index (κ1) is 15.3. The number of methoxy groups -OCH3 is 1. The molecule has 0 aromatic heterocycles. The van der Waals surface area contributed by atoms with Gasteiger partial charge in [-0.2, -0.15) is 10.1 Å². The molecular weight excluding hydrogens is 384 g/mol. The first-order valence-corrected chi connectivity index (χ1v) is 9.33. The fourth-order valence-corrected chi connectivity index (χ4v) is 5.50. The third kappa shape index (κ3) is 2.09. The third-order valence-corrected chi connectivity index (χ3v) is 6.76. The smallest absolute Gasteiger partial charge is 0.254 e. The molecule has 5 aliphatic rings. The molecule has 0 radical (unpaired) electrons. The van der Waals surface area contributed by atoms with Crippen molar-refractivity contribution >= 4 is 34.0 Å². The van der Waals surface area contributed by atoms with Crippen LogP contribution in [0.1, 0.15) is 12.0 Å². The van der Waals surface area contributed by atoms with Crippen molar-refractivity contribution in [3.63, 3.8) is 0 Å². The number of ether oxygens (including phenoxy) is 1. The fraction of sp³-hybridized carbons (Fsp3) is 0.421. The van der Waals surface area contributed by atoms with Gasteiger partial charge < -0.3 is 4.74 Å². The van der Waals surface area contributed by atoms with E-state index in [0.29, 0.717) is 11.8 Å². The topological polar surface area (TPSA) is 59.0 Å². The molecule has 6 atom stereocenters. The zero-order valence-electron chi connectivity index (χ0n) is 13.6. The van der Waals surface area contributed by atoms with E-state index in [0.717, 1.165) is 20.8 Å². The Morgan fingerprint density at radius 1 is 1.16 bits per heavy atom. The van der Waals surface area contributed by atoms with Gasteiger partial charge in [-0.1, -0.05) is 12.2 Å². The highest BCUT2D eigenvalue weighted by Crippen LogP contribution is 2.65. The lowest BCUT2D eigenvalue weighted by atomic mass is 9.63. The molecule has 1 aromatic rings. The van der Waals surface area contributed by atoms with Gasteiger partial charge >= 0.3 is 0 Å². The minimum Gasteiger partial charge on any atom is -0.496 e. The number of benzene rings is 1. The van der Waals surface area contributed by atoms with Crippen molar-refractivity contribution in [3.05, 3.63) is 40.4 Å². The number of allylic oxidation sites excluding steroid dienone is 2. The third-order valence-electron chi connectivity index (χ3n) is 6.14. The van der Waals surface area contributed by atoms with Crippen LogP contribution in [0.25, 0.3) is 0 Å². The Kier molecular flexibility index (Phi) is 3.23. The van der Waals surface area contributed by atoms with Crippen LogP contribution in [0.3, 0.4) is 0 Å². The SMILES string of the molecule is COc1ccc(/C=N\N2C(=O)[C@H]3[C@@H]4C=C[C@@H]([C@H]5C[C@H]45)[C@@H]3C2=O)cc1Br. The van der Waals surface area contributed by atoms with Gasteiger partial charge in [0.25, 0.3) is 11.8 Å². The van der Waals surface area contributed by atoms with Gasteiger partial charge in [-0.05, 0) is 69.8 Å². The van der Waals surface area contributed by atoms with Crippen molar-refractivity contribution in [2.75, 3.05) is 7.11 Å². The summed E-state index contributed by atoms with van der Waals surface area (Å²) in [6, 6.07) is 5.50. The largest absolute Gasteiger partial charge is 0.496 e. The van der Waals surface area contributed by atoms with E-state index < -0.39 is 0 Å². The summed E-state index contributed by atoms with van der Waals surface area (Å²) in [5, 5.41) is 5.34. The molecule has 0 spiro atoms. The highest BCUT2D eigenvalue weighted by atomic mass is 79.9. The summed E-state index contributed by atoms with van der Waals surface area (Å²) in [7, 11) is 1.60. The molecule has 1 aromatic carbocycles. The molecule has 0 unspecified atom stereocenters. The summed E-state index contributed by atoms with van der Waals surface area (Å²) in [5.41, 5.74) is 0.798. The van der Waals surface area contributed by atoms with Crippen molar-refractivity contribution in [2.45, 2.75) is 6.42 Å². The average molecular weight is 401 g/mol. The normalized spacial score (nSPS) is 37.6. The first-order valence-electron chi connectivity index (χ1n) is 8.54. The van der Waals surface area contributed by atoms with Crippen LogP contribution in [0, 0.1) is 35.5 Å². The Bertz CT molecular complexity index is 813. The van der Waals surface area contributed by atoms with Crippen LogP contribution in [0.5, 0.6) is 5.75 Å². The number of imide groups is 1. The predicted molar refractivity (Wildman–Crippen MR) is 94.8 cm³/mol. The fourth-order valence-electron chi connectivity index (χ4n) is 4.94. The van der Waals surface area contributed by atoms with Crippen LogP contribution in [-0.4, -0.2) is 30.1 Å². The van der Waals surface area contributed by atoms with Crippen LogP contribution in [-0.2, 0) is 9.59 Å². The van der Waals surface area contributed by atoms with Crippen molar-refractivity contribution in [1.29, 1.82) is 0 Å². The molecule has 6 heteroatoms. The number of hydrogen-bond acceptors (Lipinski definition) is 4. The maximum atomic E-state index is 12.8. The molecule has 3 fully saturated rings. The Labute approximate surface area is 153 Å². The van der Waals surface area contributed by atoms with Crippen LogP contribution in [0.4, 0.5) is 0 Å². The summed E-state index contributed by atoms with van der Waals surface area (Å²) < 4.78 is 6.00. The van der Waals surface area contributed by atoms with Crippen molar-refractivity contribution in [1.82, 2.24) is 5.01 Å². The van der Waals surface area contributed by atoms with Crippen molar-refractivity contribution in [2.24, 2.45) is 40.6 Å². The molecule has 2 amide bonds. The standard InChI is InChI=1S/C19H17BrN2O3/c1-25-15-5-2-9(6-14(15)20)8-21-22-18(23)16-10-3-4-11(13-7-12(10)13)17(16)19(22)24/h2-6,8,10-13,16-17H,7H2,1H3/b21-8-/t10-,11+,12-,13-,16+,17+/m1/s1. The second-order valence-corrected chi connectivity index (χ2v) is 8.14. The number of halogens is 1. The van der Waals surface area contributed by atoms with E-state index in [1.54, 1.807) is 13.3 Å². The quantitative estimate of drug-likeness (QED) is 0.445. The molecule has 2 saturated carbocycles. The van der Waals surface area contributed by atoms with Gasteiger partial charge in [0, 0.05) is 0 Å². The van der Waals surface area contributed by atoms with E-state index >= 15 is 0 Å². The Balaban J connectivity index is 1.41. The number of nitrogens with zero attached hydrogens (tertiary/aromatic N) is 2. The molecule has 0 N–H and O–H groups in total. The average Bonchev–Trinajstić information content (AvgIpc) is 3.39.